The molecule has 0 aromatic heterocycles. The Bertz CT molecular complexity index is 205. The molecule has 1 unspecified atom stereocenters. The van der Waals surface area contributed by atoms with Crippen molar-refractivity contribution < 1.29 is 9.53 Å². The molecule has 2 N–H and O–H groups in total. The highest BCUT2D eigenvalue weighted by atomic mass is 16.5. The van der Waals surface area contributed by atoms with E-state index in [1.165, 1.54) is 0 Å². The van der Waals surface area contributed by atoms with Gasteiger partial charge in [0.05, 0.1) is 19.3 Å². The zero-order chi connectivity index (χ0) is 11.3. The molecular weight excluding hydrogens is 192 g/mol. The van der Waals surface area contributed by atoms with Crippen LogP contribution in [0, 0.1) is 5.92 Å². The van der Waals surface area contributed by atoms with Crippen LogP contribution in [0.2, 0.25) is 0 Å². The Morgan fingerprint density at radius 1 is 1.67 bits per heavy atom. The zero-order valence-corrected chi connectivity index (χ0v) is 9.74. The number of nitrogens with two attached hydrogens (primary N) is 1. The lowest BCUT2D eigenvalue weighted by molar-refractivity contribution is -0.140. The Kier molecular flexibility index (Phi) is 5.05. The predicted molar refractivity (Wildman–Crippen MR) is 59.4 cm³/mol. The van der Waals surface area contributed by atoms with Crippen LogP contribution in [0.15, 0.2) is 0 Å². The fourth-order valence-corrected chi connectivity index (χ4v) is 1.86. The monoisotopic (exact) mass is 214 g/mol. The third-order valence-electron chi connectivity index (χ3n) is 3.06. The van der Waals surface area contributed by atoms with E-state index in [1.54, 1.807) is 0 Å². The van der Waals surface area contributed by atoms with Crippen LogP contribution in [-0.2, 0) is 9.53 Å². The summed E-state index contributed by atoms with van der Waals surface area (Å²) in [7, 11) is 0. The number of nitrogens with zero attached hydrogens (tertiary/aromatic N) is 1. The quantitative estimate of drug-likeness (QED) is 0.746. The highest BCUT2D eigenvalue weighted by Crippen LogP contribution is 2.13. The minimum atomic E-state index is 0.210. The third kappa shape index (κ3) is 3.47. The van der Waals surface area contributed by atoms with Crippen LogP contribution >= 0.6 is 0 Å². The second kappa shape index (κ2) is 6.08. The van der Waals surface area contributed by atoms with Gasteiger partial charge in [0, 0.05) is 13.0 Å². The molecule has 0 radical (unpaired) electrons. The SMILES string of the molecule is CCC(CN)CC(=O)N1CCOC[C@H]1C. The summed E-state index contributed by atoms with van der Waals surface area (Å²) in [5, 5.41) is 0. The summed E-state index contributed by atoms with van der Waals surface area (Å²) in [6, 6.07) is 0.210. The first-order valence-electron chi connectivity index (χ1n) is 5.76. The van der Waals surface area contributed by atoms with Crippen molar-refractivity contribution in [2.24, 2.45) is 11.7 Å². The van der Waals surface area contributed by atoms with E-state index >= 15 is 0 Å². The first-order valence-corrected chi connectivity index (χ1v) is 5.76. The molecule has 4 heteroatoms. The average Bonchev–Trinajstić information content (AvgIpc) is 2.26. The Morgan fingerprint density at radius 2 is 2.40 bits per heavy atom. The van der Waals surface area contributed by atoms with E-state index < -0.39 is 0 Å². The lowest BCUT2D eigenvalue weighted by Crippen LogP contribution is -2.47. The van der Waals surface area contributed by atoms with Crippen molar-refractivity contribution in [3.8, 4) is 0 Å². The zero-order valence-electron chi connectivity index (χ0n) is 9.74. The Labute approximate surface area is 91.8 Å². The molecule has 0 aliphatic carbocycles. The van der Waals surface area contributed by atoms with Crippen molar-refractivity contribution in [3.05, 3.63) is 0 Å². The molecule has 1 amide bonds. The van der Waals surface area contributed by atoms with Gasteiger partial charge in [-0.05, 0) is 19.4 Å². The third-order valence-corrected chi connectivity index (χ3v) is 3.06. The van der Waals surface area contributed by atoms with Gasteiger partial charge in [0.25, 0.3) is 0 Å². The van der Waals surface area contributed by atoms with E-state index in [4.69, 9.17) is 10.5 Å². The molecule has 88 valence electrons. The molecule has 0 spiro atoms. The summed E-state index contributed by atoms with van der Waals surface area (Å²) in [5.74, 6) is 0.552. The van der Waals surface area contributed by atoms with E-state index in [0.29, 0.717) is 32.1 Å². The molecule has 0 aromatic carbocycles. The number of hydrogen-bond donors (Lipinski definition) is 1. The second-order valence-electron chi connectivity index (χ2n) is 4.23. The summed E-state index contributed by atoms with van der Waals surface area (Å²) in [6.07, 6.45) is 1.55. The highest BCUT2D eigenvalue weighted by Gasteiger charge is 2.24. The van der Waals surface area contributed by atoms with Gasteiger partial charge >= 0.3 is 0 Å². The van der Waals surface area contributed by atoms with Crippen LogP contribution in [0.5, 0.6) is 0 Å². The minimum absolute atomic E-state index is 0.210. The van der Waals surface area contributed by atoms with Gasteiger partial charge < -0.3 is 15.4 Å². The van der Waals surface area contributed by atoms with Crippen LogP contribution in [0.1, 0.15) is 26.7 Å². The van der Waals surface area contributed by atoms with Gasteiger partial charge in [-0.3, -0.25) is 4.79 Å². The van der Waals surface area contributed by atoms with Crippen molar-refractivity contribution in [2.75, 3.05) is 26.3 Å². The van der Waals surface area contributed by atoms with Gasteiger partial charge in [-0.2, -0.15) is 0 Å². The summed E-state index contributed by atoms with van der Waals surface area (Å²) < 4.78 is 5.30. The van der Waals surface area contributed by atoms with Crippen molar-refractivity contribution >= 4 is 5.91 Å². The van der Waals surface area contributed by atoms with E-state index in [0.717, 1.165) is 13.0 Å². The van der Waals surface area contributed by atoms with Crippen LogP contribution in [0.4, 0.5) is 0 Å². The fourth-order valence-electron chi connectivity index (χ4n) is 1.86. The van der Waals surface area contributed by atoms with E-state index in [-0.39, 0.29) is 11.9 Å². The lowest BCUT2D eigenvalue weighted by Gasteiger charge is -2.34. The van der Waals surface area contributed by atoms with Gasteiger partial charge in [-0.25, -0.2) is 0 Å². The number of ether oxygens (including phenoxy) is 1. The molecule has 1 fully saturated rings. The van der Waals surface area contributed by atoms with Gasteiger partial charge in [0.1, 0.15) is 0 Å². The van der Waals surface area contributed by atoms with E-state index in [1.807, 2.05) is 11.8 Å². The predicted octanol–water partition coefficient (Wildman–Crippen LogP) is 0.609. The van der Waals surface area contributed by atoms with Crippen LogP contribution in [0.3, 0.4) is 0 Å². The fraction of sp³-hybridized carbons (Fsp3) is 0.909. The molecule has 0 bridgehead atoms. The normalized spacial score (nSPS) is 23.9. The standard InChI is InChI=1S/C11H22N2O2/c1-3-10(7-12)6-11(14)13-4-5-15-8-9(13)2/h9-10H,3-8,12H2,1-2H3/t9-,10?/m1/s1. The average molecular weight is 214 g/mol. The lowest BCUT2D eigenvalue weighted by atomic mass is 10.0. The summed E-state index contributed by atoms with van der Waals surface area (Å²) in [5.41, 5.74) is 5.60. The van der Waals surface area contributed by atoms with Crippen LogP contribution in [-0.4, -0.2) is 43.2 Å². The van der Waals surface area contributed by atoms with Crippen LogP contribution in [0.25, 0.3) is 0 Å². The molecule has 0 saturated carbocycles. The van der Waals surface area contributed by atoms with Crippen molar-refractivity contribution in [1.82, 2.24) is 4.90 Å². The molecule has 1 rings (SSSR count). The van der Waals surface area contributed by atoms with Crippen molar-refractivity contribution in [1.29, 1.82) is 0 Å². The molecule has 1 aliphatic rings. The van der Waals surface area contributed by atoms with E-state index in [2.05, 4.69) is 6.92 Å². The molecule has 1 aliphatic heterocycles. The number of carbonyl (C=O) groups excluding carboxylic acids is 1. The molecule has 4 nitrogen and oxygen atoms in total. The largest absolute Gasteiger partial charge is 0.377 e. The summed E-state index contributed by atoms with van der Waals surface area (Å²) in [4.78, 5) is 13.9. The molecule has 15 heavy (non-hydrogen) atoms. The Morgan fingerprint density at radius 3 is 2.93 bits per heavy atom. The number of amides is 1. The smallest absolute Gasteiger partial charge is 0.223 e. The van der Waals surface area contributed by atoms with Gasteiger partial charge in [-0.1, -0.05) is 13.3 Å². The Hall–Kier alpha value is -0.610. The van der Waals surface area contributed by atoms with Gasteiger partial charge in [0.15, 0.2) is 0 Å². The van der Waals surface area contributed by atoms with Crippen LogP contribution < -0.4 is 5.73 Å². The number of morpholine rings is 1. The number of rotatable bonds is 4. The number of hydrogen-bond acceptors (Lipinski definition) is 3. The Balaban J connectivity index is 2.44. The molecule has 0 aromatic rings. The minimum Gasteiger partial charge on any atom is -0.377 e. The topological polar surface area (TPSA) is 55.6 Å². The number of carbonyl (C=O) groups is 1. The second-order valence-corrected chi connectivity index (χ2v) is 4.23. The summed E-state index contributed by atoms with van der Waals surface area (Å²) in [6.45, 7) is 6.75. The first-order chi connectivity index (χ1) is 7.19. The maximum atomic E-state index is 12.0. The first kappa shape index (κ1) is 12.5. The van der Waals surface area contributed by atoms with Crippen molar-refractivity contribution in [2.45, 2.75) is 32.7 Å². The maximum absolute atomic E-state index is 12.0. The van der Waals surface area contributed by atoms with Gasteiger partial charge in [0.2, 0.25) is 5.91 Å². The van der Waals surface area contributed by atoms with Gasteiger partial charge in [-0.15, -0.1) is 0 Å². The molecule has 2 atom stereocenters. The van der Waals surface area contributed by atoms with E-state index in [9.17, 15) is 4.79 Å². The molecule has 1 heterocycles. The van der Waals surface area contributed by atoms with Crippen molar-refractivity contribution in [3.63, 3.8) is 0 Å². The molecular formula is C11H22N2O2. The molecule has 1 saturated heterocycles. The highest BCUT2D eigenvalue weighted by molar-refractivity contribution is 5.76. The maximum Gasteiger partial charge on any atom is 0.223 e. The summed E-state index contributed by atoms with van der Waals surface area (Å²) >= 11 is 0.